The second-order valence-electron chi connectivity index (χ2n) is 14.6. The van der Waals surface area contributed by atoms with Crippen LogP contribution >= 0.6 is 15.9 Å². The summed E-state index contributed by atoms with van der Waals surface area (Å²) in [7, 11) is 0. The van der Waals surface area contributed by atoms with E-state index in [0.29, 0.717) is 0 Å². The summed E-state index contributed by atoms with van der Waals surface area (Å²) in [6, 6.07) is 75.9. The molecule has 0 aromatic heterocycles. The summed E-state index contributed by atoms with van der Waals surface area (Å²) >= 11 is 3.89. The molecule has 0 saturated heterocycles. The maximum atomic E-state index is 3.89. The maximum absolute atomic E-state index is 3.89. The lowest BCUT2D eigenvalue weighted by Gasteiger charge is -2.32. The molecular weight excluding hydrogens is 730 g/mol. The summed E-state index contributed by atoms with van der Waals surface area (Å²) in [5.74, 6) is 0. The molecule has 2 heteroatoms. The van der Waals surface area contributed by atoms with Crippen molar-refractivity contribution in [3.05, 3.63) is 233 Å². The highest BCUT2D eigenvalue weighted by Gasteiger charge is 2.51. The van der Waals surface area contributed by atoms with Crippen LogP contribution in [0.2, 0.25) is 0 Å². The van der Waals surface area contributed by atoms with Gasteiger partial charge in [-0.15, -0.1) is 0 Å². The van der Waals surface area contributed by atoms with Gasteiger partial charge in [0.1, 0.15) is 0 Å². The number of anilines is 3. The zero-order valence-electron chi connectivity index (χ0n) is 30.0. The molecule has 55 heavy (non-hydrogen) atoms. The van der Waals surface area contributed by atoms with Gasteiger partial charge in [0, 0.05) is 21.5 Å². The molecule has 258 valence electrons. The van der Waals surface area contributed by atoms with Crippen molar-refractivity contribution >= 4 is 43.8 Å². The van der Waals surface area contributed by atoms with Crippen LogP contribution in [-0.2, 0) is 5.41 Å². The lowest BCUT2D eigenvalue weighted by Crippen LogP contribution is -2.26. The van der Waals surface area contributed by atoms with Gasteiger partial charge in [-0.25, -0.2) is 0 Å². The van der Waals surface area contributed by atoms with Crippen molar-refractivity contribution < 1.29 is 0 Å². The van der Waals surface area contributed by atoms with Crippen LogP contribution in [0.3, 0.4) is 0 Å². The molecule has 0 bridgehead atoms. The third-order valence-electron chi connectivity index (χ3n) is 11.7. The third kappa shape index (κ3) is 4.85. The zero-order chi connectivity index (χ0) is 36.5. The molecule has 1 spiro atoms. The van der Waals surface area contributed by atoms with Gasteiger partial charge in [-0.3, -0.25) is 0 Å². The highest BCUT2D eigenvalue weighted by atomic mass is 79.9. The number of nitrogens with zero attached hydrogens (tertiary/aromatic N) is 1. The van der Waals surface area contributed by atoms with Crippen molar-refractivity contribution in [2.75, 3.05) is 4.90 Å². The molecule has 0 fully saturated rings. The van der Waals surface area contributed by atoms with E-state index in [1.807, 2.05) is 0 Å². The van der Waals surface area contributed by atoms with Crippen LogP contribution in [-0.4, -0.2) is 0 Å². The van der Waals surface area contributed by atoms with Gasteiger partial charge in [0.05, 0.1) is 5.41 Å². The van der Waals surface area contributed by atoms with E-state index in [2.05, 4.69) is 227 Å². The Bertz CT molecular complexity index is 2880. The van der Waals surface area contributed by atoms with E-state index in [9.17, 15) is 0 Å². The standard InChI is InChI=1S/C53H34BrN/c54-52-31-29-41(33-47(52)37-13-2-1-3-14-37)55(40-26-24-36(25-27-40)39-23-22-35-12-4-5-15-38(35)32-39)42-28-30-46-45-18-8-11-21-50(45)53(51(46)34-42)48-19-9-6-16-43(48)44-17-7-10-20-49(44)53/h1-34H. The molecule has 0 radical (unpaired) electrons. The predicted octanol–water partition coefficient (Wildman–Crippen LogP) is 14.7. The maximum Gasteiger partial charge on any atom is 0.0726 e. The first-order valence-electron chi connectivity index (χ1n) is 18.9. The fraction of sp³-hybridized carbons (Fsp3) is 0.0189. The van der Waals surface area contributed by atoms with Gasteiger partial charge >= 0.3 is 0 Å². The van der Waals surface area contributed by atoms with Crippen molar-refractivity contribution in [1.82, 2.24) is 0 Å². The van der Waals surface area contributed by atoms with Crippen LogP contribution < -0.4 is 4.90 Å². The quantitative estimate of drug-likeness (QED) is 0.169. The SMILES string of the molecule is Brc1ccc(N(c2ccc(-c3ccc4ccccc4c3)cc2)c2ccc3c(c2)C2(c4ccccc4-c4ccccc42)c2ccccc2-3)cc1-c1ccccc1. The number of fused-ring (bicyclic) bond motifs is 11. The van der Waals surface area contributed by atoms with Gasteiger partial charge < -0.3 is 4.90 Å². The van der Waals surface area contributed by atoms with Crippen LogP contribution in [0.4, 0.5) is 17.1 Å². The van der Waals surface area contributed by atoms with Crippen LogP contribution in [0.25, 0.3) is 55.3 Å². The first kappa shape index (κ1) is 32.0. The van der Waals surface area contributed by atoms with E-state index in [1.165, 1.54) is 72.0 Å². The van der Waals surface area contributed by atoms with E-state index < -0.39 is 5.41 Å². The second-order valence-corrected chi connectivity index (χ2v) is 15.4. The topological polar surface area (TPSA) is 3.24 Å². The van der Waals surface area contributed by atoms with Crippen LogP contribution in [0.1, 0.15) is 22.3 Å². The summed E-state index contributed by atoms with van der Waals surface area (Å²) in [5, 5.41) is 2.50. The molecule has 0 saturated carbocycles. The van der Waals surface area contributed by atoms with Crippen LogP contribution in [0, 0.1) is 0 Å². The van der Waals surface area contributed by atoms with E-state index in [1.54, 1.807) is 0 Å². The summed E-state index contributed by atoms with van der Waals surface area (Å²) in [6.07, 6.45) is 0. The molecule has 2 aliphatic carbocycles. The highest BCUT2D eigenvalue weighted by Crippen LogP contribution is 2.63. The molecule has 2 aliphatic rings. The van der Waals surface area contributed by atoms with Gasteiger partial charge in [0.15, 0.2) is 0 Å². The smallest absolute Gasteiger partial charge is 0.0726 e. The Kier molecular flexibility index (Phi) is 7.30. The summed E-state index contributed by atoms with van der Waals surface area (Å²) in [4.78, 5) is 2.42. The lowest BCUT2D eigenvalue weighted by atomic mass is 9.70. The average molecular weight is 765 g/mol. The lowest BCUT2D eigenvalue weighted by molar-refractivity contribution is 0.793. The second kappa shape index (κ2) is 12.6. The van der Waals surface area contributed by atoms with E-state index in [4.69, 9.17) is 0 Å². The molecule has 0 unspecified atom stereocenters. The number of hydrogen-bond acceptors (Lipinski definition) is 1. The largest absolute Gasteiger partial charge is 0.310 e. The van der Waals surface area contributed by atoms with Crippen LogP contribution in [0.15, 0.2) is 211 Å². The van der Waals surface area contributed by atoms with Crippen molar-refractivity contribution in [1.29, 1.82) is 0 Å². The minimum Gasteiger partial charge on any atom is -0.310 e. The number of rotatable bonds is 5. The minimum absolute atomic E-state index is 0.421. The molecule has 0 heterocycles. The molecule has 0 aliphatic heterocycles. The number of benzene rings is 9. The molecular formula is C53H34BrN. The van der Waals surface area contributed by atoms with Gasteiger partial charge in [-0.05, 0) is 126 Å². The minimum atomic E-state index is -0.421. The Morgan fingerprint density at radius 3 is 1.49 bits per heavy atom. The van der Waals surface area contributed by atoms with Crippen LogP contribution in [0.5, 0.6) is 0 Å². The molecule has 0 N–H and O–H groups in total. The Balaban J connectivity index is 1.13. The fourth-order valence-electron chi connectivity index (χ4n) is 9.33. The van der Waals surface area contributed by atoms with E-state index >= 15 is 0 Å². The zero-order valence-corrected chi connectivity index (χ0v) is 31.5. The Labute approximate surface area is 329 Å². The Morgan fingerprint density at radius 1 is 0.309 bits per heavy atom. The molecule has 0 amide bonds. The molecule has 0 atom stereocenters. The summed E-state index contributed by atoms with van der Waals surface area (Å²) in [5.41, 5.74) is 18.2. The normalized spacial score (nSPS) is 13.0. The van der Waals surface area contributed by atoms with Crippen molar-refractivity contribution in [3.8, 4) is 44.5 Å². The molecule has 9 aromatic carbocycles. The number of hydrogen-bond donors (Lipinski definition) is 0. The Morgan fingerprint density at radius 2 is 0.818 bits per heavy atom. The first-order chi connectivity index (χ1) is 27.2. The van der Waals surface area contributed by atoms with Crippen molar-refractivity contribution in [2.24, 2.45) is 0 Å². The van der Waals surface area contributed by atoms with E-state index in [-0.39, 0.29) is 0 Å². The number of halogens is 1. The monoisotopic (exact) mass is 763 g/mol. The summed E-state index contributed by atoms with van der Waals surface area (Å²) < 4.78 is 1.07. The van der Waals surface area contributed by atoms with Gasteiger partial charge in [-0.2, -0.15) is 0 Å². The van der Waals surface area contributed by atoms with Gasteiger partial charge in [0.25, 0.3) is 0 Å². The third-order valence-corrected chi connectivity index (χ3v) is 12.4. The fourth-order valence-corrected chi connectivity index (χ4v) is 9.81. The highest BCUT2D eigenvalue weighted by molar-refractivity contribution is 9.10. The Hall–Kier alpha value is -6.48. The van der Waals surface area contributed by atoms with Gasteiger partial charge in [-0.1, -0.05) is 174 Å². The molecule has 1 nitrogen and oxygen atoms in total. The average Bonchev–Trinajstić information content (AvgIpc) is 3.72. The molecule has 9 aromatic rings. The predicted molar refractivity (Wildman–Crippen MR) is 234 cm³/mol. The van der Waals surface area contributed by atoms with Crippen molar-refractivity contribution in [2.45, 2.75) is 5.41 Å². The van der Waals surface area contributed by atoms with Crippen molar-refractivity contribution in [3.63, 3.8) is 0 Å². The first-order valence-corrected chi connectivity index (χ1v) is 19.7. The van der Waals surface area contributed by atoms with Gasteiger partial charge in [0.2, 0.25) is 0 Å². The molecule has 11 rings (SSSR count). The summed E-state index contributed by atoms with van der Waals surface area (Å²) in [6.45, 7) is 0. The van der Waals surface area contributed by atoms with E-state index in [0.717, 1.165) is 27.1 Å².